The fourth-order valence-electron chi connectivity index (χ4n) is 4.23. The summed E-state index contributed by atoms with van der Waals surface area (Å²) in [6, 6.07) is 12.4. The molecule has 1 rings (SSSR count). The van der Waals surface area contributed by atoms with Crippen molar-refractivity contribution in [2.75, 3.05) is 0 Å². The predicted molar refractivity (Wildman–Crippen MR) is 110 cm³/mol. The molecule has 0 aliphatic rings. The second-order valence-corrected chi connectivity index (χ2v) is 18.7. The maximum atomic E-state index is 11.7. The SMILES string of the molecule is CC[Si](CC)(CC)c1ccc(S(=O)(=O)O)cc1[Si](CC)(CC)CC. The van der Waals surface area contributed by atoms with Crippen molar-refractivity contribution >= 4 is 36.6 Å². The van der Waals surface area contributed by atoms with Crippen molar-refractivity contribution in [3.8, 4) is 0 Å². The summed E-state index contributed by atoms with van der Waals surface area (Å²) in [5, 5.41) is 2.77. The summed E-state index contributed by atoms with van der Waals surface area (Å²) in [6.45, 7) is 13.6. The Morgan fingerprint density at radius 3 is 1.46 bits per heavy atom. The molecule has 24 heavy (non-hydrogen) atoms. The van der Waals surface area contributed by atoms with Gasteiger partial charge in [0, 0.05) is 0 Å². The lowest BCUT2D eigenvalue weighted by atomic mass is 10.3. The van der Waals surface area contributed by atoms with Crippen LogP contribution in [0.1, 0.15) is 41.5 Å². The van der Waals surface area contributed by atoms with Gasteiger partial charge < -0.3 is 0 Å². The molecule has 0 unspecified atom stereocenters. The molecule has 0 atom stereocenters. The summed E-state index contributed by atoms with van der Waals surface area (Å²) >= 11 is 0. The average molecular weight is 387 g/mol. The van der Waals surface area contributed by atoms with Gasteiger partial charge in [-0.25, -0.2) is 0 Å². The van der Waals surface area contributed by atoms with E-state index in [2.05, 4.69) is 41.5 Å². The quantitative estimate of drug-likeness (QED) is 0.506. The van der Waals surface area contributed by atoms with Gasteiger partial charge in [-0.05, 0) is 12.1 Å². The van der Waals surface area contributed by atoms with Crippen molar-refractivity contribution in [3.63, 3.8) is 0 Å². The number of hydrogen-bond acceptors (Lipinski definition) is 2. The lowest BCUT2D eigenvalue weighted by molar-refractivity contribution is 0.483. The van der Waals surface area contributed by atoms with Crippen molar-refractivity contribution in [3.05, 3.63) is 18.2 Å². The molecule has 0 aliphatic carbocycles. The minimum atomic E-state index is -4.16. The maximum Gasteiger partial charge on any atom is 0.294 e. The molecule has 0 fully saturated rings. The highest BCUT2D eigenvalue weighted by molar-refractivity contribution is 7.85. The van der Waals surface area contributed by atoms with Crippen molar-refractivity contribution in [1.29, 1.82) is 0 Å². The highest BCUT2D eigenvalue weighted by Crippen LogP contribution is 2.26. The van der Waals surface area contributed by atoms with Crippen LogP contribution in [0.5, 0.6) is 0 Å². The first-order valence-corrected chi connectivity index (χ1v) is 16.0. The van der Waals surface area contributed by atoms with Crippen LogP contribution in [0, 0.1) is 0 Å². The molecular weight excluding hydrogens is 352 g/mol. The number of rotatable bonds is 9. The summed E-state index contributed by atoms with van der Waals surface area (Å²) in [7, 11) is -7.52. The van der Waals surface area contributed by atoms with Gasteiger partial charge in [-0.3, -0.25) is 4.55 Å². The Morgan fingerprint density at radius 1 is 0.750 bits per heavy atom. The van der Waals surface area contributed by atoms with Crippen molar-refractivity contribution in [1.82, 2.24) is 0 Å². The van der Waals surface area contributed by atoms with E-state index < -0.39 is 26.3 Å². The molecule has 0 saturated heterocycles. The van der Waals surface area contributed by atoms with Crippen LogP contribution in [0.4, 0.5) is 0 Å². The summed E-state index contributed by atoms with van der Waals surface area (Å²) in [6.07, 6.45) is 0. The summed E-state index contributed by atoms with van der Waals surface area (Å²) in [4.78, 5) is 0.0692. The Labute approximate surface area is 150 Å². The van der Waals surface area contributed by atoms with Crippen molar-refractivity contribution in [2.24, 2.45) is 0 Å². The fourth-order valence-corrected chi connectivity index (χ4v) is 13.9. The summed E-state index contributed by atoms with van der Waals surface area (Å²) in [5.74, 6) is 0. The highest BCUT2D eigenvalue weighted by Gasteiger charge is 2.39. The van der Waals surface area contributed by atoms with Gasteiger partial charge in [-0.1, -0.05) is 94.2 Å². The van der Waals surface area contributed by atoms with Crippen molar-refractivity contribution < 1.29 is 13.0 Å². The second kappa shape index (κ2) is 8.30. The second-order valence-electron chi connectivity index (χ2n) is 6.86. The van der Waals surface area contributed by atoms with E-state index in [1.807, 2.05) is 12.1 Å². The zero-order valence-corrected chi connectivity index (χ0v) is 19.0. The summed E-state index contributed by atoms with van der Waals surface area (Å²) in [5.41, 5.74) is 0. The molecule has 0 saturated carbocycles. The molecule has 1 N–H and O–H groups in total. The van der Waals surface area contributed by atoms with Gasteiger partial charge in [0.05, 0.1) is 21.0 Å². The summed E-state index contributed by atoms with van der Waals surface area (Å²) < 4.78 is 33.0. The van der Waals surface area contributed by atoms with Crippen LogP contribution in [0.25, 0.3) is 0 Å². The smallest absolute Gasteiger partial charge is 0.282 e. The third-order valence-electron chi connectivity index (χ3n) is 6.49. The number of benzene rings is 1. The highest BCUT2D eigenvalue weighted by atomic mass is 32.2. The van der Waals surface area contributed by atoms with Crippen LogP contribution >= 0.6 is 0 Å². The topological polar surface area (TPSA) is 54.4 Å². The fraction of sp³-hybridized carbons (Fsp3) is 0.667. The minimum absolute atomic E-state index is 0.0692. The maximum absolute atomic E-state index is 11.7. The van der Waals surface area contributed by atoms with Crippen molar-refractivity contribution in [2.45, 2.75) is 82.7 Å². The van der Waals surface area contributed by atoms with E-state index in [-0.39, 0.29) is 4.90 Å². The Kier molecular flexibility index (Phi) is 7.47. The molecule has 0 bridgehead atoms. The molecular formula is C18H34O3SSi2. The van der Waals surface area contributed by atoms with E-state index in [1.54, 1.807) is 6.07 Å². The van der Waals surface area contributed by atoms with E-state index in [0.717, 1.165) is 18.1 Å². The van der Waals surface area contributed by atoms with Gasteiger partial charge >= 0.3 is 0 Å². The van der Waals surface area contributed by atoms with E-state index >= 15 is 0 Å². The average Bonchev–Trinajstić information content (AvgIpc) is 2.59. The van der Waals surface area contributed by atoms with Gasteiger partial charge in [0.25, 0.3) is 10.1 Å². The Bertz CT molecular complexity index is 632. The molecule has 6 heteroatoms. The molecule has 0 amide bonds. The predicted octanol–water partition coefficient (Wildman–Crippen LogP) is 4.36. The van der Waals surface area contributed by atoms with Gasteiger partial charge in [-0.15, -0.1) is 0 Å². The van der Waals surface area contributed by atoms with Crippen LogP contribution in [-0.2, 0) is 10.1 Å². The van der Waals surface area contributed by atoms with Crippen LogP contribution in [0.3, 0.4) is 0 Å². The van der Waals surface area contributed by atoms with Gasteiger partial charge in [0.2, 0.25) is 0 Å². The molecule has 138 valence electrons. The molecule has 0 aromatic heterocycles. The van der Waals surface area contributed by atoms with Gasteiger partial charge in [0.15, 0.2) is 0 Å². The normalized spacial score (nSPS) is 13.3. The molecule has 1 aromatic carbocycles. The third-order valence-corrected chi connectivity index (χ3v) is 18.8. The lowest BCUT2D eigenvalue weighted by Gasteiger charge is -2.38. The van der Waals surface area contributed by atoms with E-state index in [9.17, 15) is 13.0 Å². The largest absolute Gasteiger partial charge is 0.294 e. The van der Waals surface area contributed by atoms with E-state index in [0.29, 0.717) is 0 Å². The zero-order chi connectivity index (χ0) is 18.6. The monoisotopic (exact) mass is 386 g/mol. The van der Waals surface area contributed by atoms with Crippen LogP contribution < -0.4 is 10.4 Å². The van der Waals surface area contributed by atoms with E-state index in [4.69, 9.17) is 0 Å². The van der Waals surface area contributed by atoms with Crippen LogP contribution in [-0.4, -0.2) is 29.1 Å². The Hall–Kier alpha value is -0.436. The first kappa shape index (κ1) is 21.6. The third kappa shape index (κ3) is 3.87. The molecule has 0 heterocycles. The molecule has 0 aliphatic heterocycles. The first-order chi connectivity index (χ1) is 11.2. The standard InChI is InChI=1S/C18H34O3SSi2/c1-7-23(8-2,9-3)17-14-13-16(22(19,20)21)15-18(17)24(10-4,11-5)12-6/h13-15H,7-12H2,1-6H3,(H,19,20,21). The lowest BCUT2D eigenvalue weighted by Crippen LogP contribution is -2.62. The van der Waals surface area contributed by atoms with Crippen LogP contribution in [0.2, 0.25) is 36.3 Å². The van der Waals surface area contributed by atoms with E-state index in [1.165, 1.54) is 28.5 Å². The Balaban J connectivity index is 3.85. The molecule has 0 spiro atoms. The minimum Gasteiger partial charge on any atom is -0.282 e. The molecule has 3 nitrogen and oxygen atoms in total. The van der Waals surface area contributed by atoms with Gasteiger partial charge in [-0.2, -0.15) is 8.42 Å². The zero-order valence-electron chi connectivity index (χ0n) is 16.1. The Morgan fingerprint density at radius 2 is 1.12 bits per heavy atom. The molecule has 1 aromatic rings. The number of hydrogen-bond donors (Lipinski definition) is 1. The molecule has 0 radical (unpaired) electrons. The van der Waals surface area contributed by atoms with Gasteiger partial charge in [0.1, 0.15) is 0 Å². The van der Waals surface area contributed by atoms with Crippen LogP contribution in [0.15, 0.2) is 23.1 Å². The first-order valence-electron chi connectivity index (χ1n) is 9.32.